The van der Waals surface area contributed by atoms with Crippen LogP contribution in [0.25, 0.3) is 0 Å². The summed E-state index contributed by atoms with van der Waals surface area (Å²) in [7, 11) is 1.88. The molecule has 25 heavy (non-hydrogen) atoms. The third-order valence-corrected chi connectivity index (χ3v) is 3.70. The summed E-state index contributed by atoms with van der Waals surface area (Å²) < 4.78 is 28.3. The van der Waals surface area contributed by atoms with Gasteiger partial charge in [0, 0.05) is 13.6 Å². The van der Waals surface area contributed by atoms with Crippen LogP contribution in [0.2, 0.25) is 0 Å². The lowest BCUT2D eigenvalue weighted by Crippen LogP contribution is -2.38. The number of benzene rings is 1. The van der Waals surface area contributed by atoms with E-state index in [-0.39, 0.29) is 30.0 Å². The Kier molecular flexibility index (Phi) is 8.20. The van der Waals surface area contributed by atoms with Gasteiger partial charge in [0.1, 0.15) is 12.4 Å². The van der Waals surface area contributed by atoms with E-state index in [1.807, 2.05) is 32.4 Å². The molecule has 0 bridgehead atoms. The van der Waals surface area contributed by atoms with E-state index < -0.39 is 11.6 Å². The third kappa shape index (κ3) is 5.62. The normalized spacial score (nSPS) is 12.5. The van der Waals surface area contributed by atoms with Gasteiger partial charge in [0.2, 0.25) is 0 Å². The highest BCUT2D eigenvalue weighted by atomic mass is 127. The number of nitrogens with zero attached hydrogens (tertiary/aromatic N) is 4. The quantitative estimate of drug-likeness (QED) is 0.406. The van der Waals surface area contributed by atoms with Crippen molar-refractivity contribution in [2.24, 2.45) is 12.0 Å². The topological polar surface area (TPSA) is 67.1 Å². The van der Waals surface area contributed by atoms with Crippen molar-refractivity contribution in [3.8, 4) is 0 Å². The molecular weight excluding hydrogens is 441 g/mol. The van der Waals surface area contributed by atoms with Gasteiger partial charge < -0.3 is 15.2 Å². The molecule has 1 heterocycles. The second kappa shape index (κ2) is 9.64. The monoisotopic (exact) mass is 464 g/mol. The molecule has 0 aliphatic heterocycles. The minimum atomic E-state index is -0.863. The summed E-state index contributed by atoms with van der Waals surface area (Å²) in [6.45, 7) is 6.71. The van der Waals surface area contributed by atoms with Crippen molar-refractivity contribution in [1.29, 1.82) is 0 Å². The molecule has 9 heteroatoms. The van der Waals surface area contributed by atoms with E-state index in [2.05, 4.69) is 25.8 Å². The summed E-state index contributed by atoms with van der Waals surface area (Å²) >= 11 is 0. The van der Waals surface area contributed by atoms with Gasteiger partial charge in [-0.3, -0.25) is 0 Å². The standard InChI is InChI=1S/C16H22F2N6.HI/c1-5-19-16(20-9-15-23-22-11(3)24(15)4)21-10(2)12-6-7-13(17)14(18)8-12;/h6-8,10H,5,9H2,1-4H3,(H2,19,20,21);1H. The van der Waals surface area contributed by atoms with Crippen molar-refractivity contribution in [2.45, 2.75) is 33.4 Å². The lowest BCUT2D eigenvalue weighted by Gasteiger charge is -2.18. The molecule has 2 N–H and O–H groups in total. The Hall–Kier alpha value is -1.78. The van der Waals surface area contributed by atoms with Gasteiger partial charge in [0.25, 0.3) is 0 Å². The minimum Gasteiger partial charge on any atom is -0.357 e. The molecule has 2 rings (SSSR count). The zero-order chi connectivity index (χ0) is 17.7. The maximum Gasteiger partial charge on any atom is 0.192 e. The molecule has 1 aromatic carbocycles. The zero-order valence-corrected chi connectivity index (χ0v) is 17.0. The number of hydrogen-bond acceptors (Lipinski definition) is 3. The Morgan fingerprint density at radius 2 is 2.00 bits per heavy atom. The van der Waals surface area contributed by atoms with E-state index in [4.69, 9.17) is 0 Å². The van der Waals surface area contributed by atoms with E-state index in [9.17, 15) is 8.78 Å². The van der Waals surface area contributed by atoms with Crippen LogP contribution < -0.4 is 10.6 Å². The average Bonchev–Trinajstić information content (AvgIpc) is 2.87. The van der Waals surface area contributed by atoms with Crippen LogP contribution in [-0.4, -0.2) is 27.3 Å². The van der Waals surface area contributed by atoms with E-state index in [0.29, 0.717) is 24.6 Å². The lowest BCUT2D eigenvalue weighted by atomic mass is 10.1. The Bertz CT molecular complexity index is 731. The Balaban J connectivity index is 0.00000312. The van der Waals surface area contributed by atoms with Crippen LogP contribution in [0.15, 0.2) is 23.2 Å². The van der Waals surface area contributed by atoms with Gasteiger partial charge in [-0.2, -0.15) is 0 Å². The van der Waals surface area contributed by atoms with Crippen LogP contribution in [0, 0.1) is 18.6 Å². The molecule has 0 fully saturated rings. The second-order valence-corrected chi connectivity index (χ2v) is 5.46. The lowest BCUT2D eigenvalue weighted by molar-refractivity contribution is 0.504. The van der Waals surface area contributed by atoms with Crippen LogP contribution in [0.1, 0.15) is 37.1 Å². The number of aryl methyl sites for hydroxylation is 1. The number of halogens is 3. The fourth-order valence-corrected chi connectivity index (χ4v) is 2.13. The van der Waals surface area contributed by atoms with Gasteiger partial charge in [0.15, 0.2) is 23.4 Å². The Labute approximate surface area is 163 Å². The summed E-state index contributed by atoms with van der Waals surface area (Å²) in [6.07, 6.45) is 0. The van der Waals surface area contributed by atoms with Gasteiger partial charge in [0.05, 0.1) is 6.04 Å². The van der Waals surface area contributed by atoms with Gasteiger partial charge >= 0.3 is 0 Å². The molecule has 1 atom stereocenters. The molecule has 0 saturated heterocycles. The van der Waals surface area contributed by atoms with Crippen LogP contribution in [0.5, 0.6) is 0 Å². The van der Waals surface area contributed by atoms with E-state index in [1.54, 1.807) is 6.07 Å². The Morgan fingerprint density at radius 3 is 2.56 bits per heavy atom. The van der Waals surface area contributed by atoms with Gasteiger partial charge in [-0.15, -0.1) is 34.2 Å². The molecule has 2 aromatic rings. The molecule has 1 unspecified atom stereocenters. The van der Waals surface area contributed by atoms with Gasteiger partial charge in [-0.05, 0) is 38.5 Å². The number of rotatable bonds is 5. The summed E-state index contributed by atoms with van der Waals surface area (Å²) in [5.41, 5.74) is 0.633. The fourth-order valence-electron chi connectivity index (χ4n) is 2.13. The Morgan fingerprint density at radius 1 is 1.28 bits per heavy atom. The highest BCUT2D eigenvalue weighted by Gasteiger charge is 2.11. The van der Waals surface area contributed by atoms with Crippen LogP contribution in [0.3, 0.4) is 0 Å². The van der Waals surface area contributed by atoms with Crippen LogP contribution in [-0.2, 0) is 13.6 Å². The first-order chi connectivity index (χ1) is 11.4. The third-order valence-electron chi connectivity index (χ3n) is 3.70. The number of nitrogens with one attached hydrogen (secondary N) is 2. The van der Waals surface area contributed by atoms with Gasteiger partial charge in [-0.25, -0.2) is 13.8 Å². The first-order valence-electron chi connectivity index (χ1n) is 7.77. The summed E-state index contributed by atoms with van der Waals surface area (Å²) in [5, 5.41) is 14.3. The predicted octanol–water partition coefficient (Wildman–Crippen LogP) is 2.84. The summed E-state index contributed by atoms with van der Waals surface area (Å²) in [5.74, 6) is 0.399. The first-order valence-corrected chi connectivity index (χ1v) is 7.77. The largest absolute Gasteiger partial charge is 0.357 e. The number of aliphatic imine (C=N–C) groups is 1. The van der Waals surface area contributed by atoms with Crippen molar-refractivity contribution in [1.82, 2.24) is 25.4 Å². The maximum atomic E-state index is 13.4. The second-order valence-electron chi connectivity index (χ2n) is 5.46. The summed E-state index contributed by atoms with van der Waals surface area (Å²) in [4.78, 5) is 4.47. The van der Waals surface area contributed by atoms with Crippen LogP contribution in [0.4, 0.5) is 8.78 Å². The fraction of sp³-hybridized carbons (Fsp3) is 0.438. The number of aromatic nitrogens is 3. The molecule has 6 nitrogen and oxygen atoms in total. The minimum absolute atomic E-state index is 0. The molecule has 0 spiro atoms. The smallest absolute Gasteiger partial charge is 0.192 e. The SMILES string of the molecule is CCNC(=NCc1nnc(C)n1C)NC(C)c1ccc(F)c(F)c1.I. The number of hydrogen-bond donors (Lipinski definition) is 2. The molecule has 0 amide bonds. The molecule has 0 radical (unpaired) electrons. The van der Waals surface area contributed by atoms with E-state index in [0.717, 1.165) is 17.7 Å². The van der Waals surface area contributed by atoms with Crippen molar-refractivity contribution in [2.75, 3.05) is 6.54 Å². The average molecular weight is 464 g/mol. The first kappa shape index (κ1) is 21.3. The highest BCUT2D eigenvalue weighted by molar-refractivity contribution is 14.0. The van der Waals surface area contributed by atoms with Crippen molar-refractivity contribution in [3.05, 3.63) is 47.0 Å². The summed E-state index contributed by atoms with van der Waals surface area (Å²) in [6, 6.07) is 3.61. The zero-order valence-electron chi connectivity index (χ0n) is 14.7. The molecule has 138 valence electrons. The number of guanidine groups is 1. The van der Waals surface area contributed by atoms with Gasteiger partial charge in [-0.1, -0.05) is 6.07 Å². The molecule has 0 aliphatic carbocycles. The van der Waals surface area contributed by atoms with Crippen molar-refractivity contribution >= 4 is 29.9 Å². The van der Waals surface area contributed by atoms with Crippen molar-refractivity contribution in [3.63, 3.8) is 0 Å². The molecule has 1 aromatic heterocycles. The van der Waals surface area contributed by atoms with Crippen molar-refractivity contribution < 1.29 is 8.78 Å². The molecule has 0 aliphatic rings. The van der Waals surface area contributed by atoms with Crippen LogP contribution >= 0.6 is 24.0 Å². The highest BCUT2D eigenvalue weighted by Crippen LogP contribution is 2.15. The van der Waals surface area contributed by atoms with E-state index in [1.165, 1.54) is 6.07 Å². The predicted molar refractivity (Wildman–Crippen MR) is 104 cm³/mol. The maximum absolute atomic E-state index is 13.4. The molecule has 0 saturated carbocycles. The van der Waals surface area contributed by atoms with E-state index >= 15 is 0 Å². The molecular formula is C16H23F2IN6.